The maximum absolute atomic E-state index is 13.5. The van der Waals surface area contributed by atoms with E-state index in [0.717, 1.165) is 6.42 Å². The Morgan fingerprint density at radius 1 is 1.43 bits per heavy atom. The molecule has 0 heterocycles. The Morgan fingerprint density at radius 3 is 2.86 bits per heavy atom. The van der Waals surface area contributed by atoms with E-state index in [4.69, 9.17) is 10.8 Å². The minimum atomic E-state index is -0.358. The van der Waals surface area contributed by atoms with Crippen LogP contribution in [0, 0.1) is 5.82 Å². The number of hydrogen-bond donors (Lipinski definition) is 2. The largest absolute Gasteiger partial charge is 0.392 e. The van der Waals surface area contributed by atoms with Crippen LogP contribution in [-0.2, 0) is 6.61 Å². The highest BCUT2D eigenvalue weighted by atomic mass is 19.1. The lowest BCUT2D eigenvalue weighted by molar-refractivity contribution is 0.275. The van der Waals surface area contributed by atoms with E-state index < -0.39 is 0 Å². The van der Waals surface area contributed by atoms with Crippen LogP contribution in [0.5, 0.6) is 0 Å². The molecule has 1 aromatic carbocycles. The molecule has 3 N–H and O–H groups in total. The number of nitrogens with two attached hydrogens (primary N) is 1. The summed E-state index contributed by atoms with van der Waals surface area (Å²) < 4.78 is 13.5. The summed E-state index contributed by atoms with van der Waals surface area (Å²) in [6.07, 6.45) is 4.23. The molecule has 0 amide bonds. The van der Waals surface area contributed by atoms with E-state index in [0.29, 0.717) is 17.7 Å². The monoisotopic (exact) mass is 195 g/mol. The number of benzene rings is 1. The lowest BCUT2D eigenvalue weighted by atomic mass is 10.1. The van der Waals surface area contributed by atoms with Crippen LogP contribution in [0.2, 0.25) is 0 Å². The molecule has 0 bridgehead atoms. The lowest BCUT2D eigenvalue weighted by Gasteiger charge is -2.01. The Kier molecular flexibility index (Phi) is 4.29. The maximum atomic E-state index is 13.5. The molecule has 0 radical (unpaired) electrons. The fraction of sp³-hybridized carbons (Fsp3) is 0.273. The summed E-state index contributed by atoms with van der Waals surface area (Å²) in [7, 11) is 0. The van der Waals surface area contributed by atoms with Crippen molar-refractivity contribution >= 4 is 6.08 Å². The van der Waals surface area contributed by atoms with Crippen LogP contribution in [0.15, 0.2) is 24.3 Å². The molecule has 0 fully saturated rings. The molecule has 0 aliphatic rings. The molecule has 0 saturated carbocycles. The summed E-state index contributed by atoms with van der Waals surface area (Å²) in [4.78, 5) is 0. The van der Waals surface area contributed by atoms with Gasteiger partial charge in [-0.05, 0) is 13.0 Å². The van der Waals surface area contributed by atoms with Crippen molar-refractivity contribution in [2.45, 2.75) is 13.0 Å². The molecule has 14 heavy (non-hydrogen) atoms. The summed E-state index contributed by atoms with van der Waals surface area (Å²) in [5, 5.41) is 8.83. The summed E-state index contributed by atoms with van der Waals surface area (Å²) in [6, 6.07) is 4.95. The number of aliphatic hydroxyl groups is 1. The Balaban J connectivity index is 2.86. The van der Waals surface area contributed by atoms with Gasteiger partial charge in [-0.3, -0.25) is 0 Å². The zero-order valence-electron chi connectivity index (χ0n) is 7.91. The second-order valence-corrected chi connectivity index (χ2v) is 2.96. The van der Waals surface area contributed by atoms with Gasteiger partial charge >= 0.3 is 0 Å². The van der Waals surface area contributed by atoms with Gasteiger partial charge in [-0.1, -0.05) is 30.4 Å². The summed E-state index contributed by atoms with van der Waals surface area (Å²) >= 11 is 0. The quantitative estimate of drug-likeness (QED) is 0.767. The molecular weight excluding hydrogens is 181 g/mol. The van der Waals surface area contributed by atoms with Crippen LogP contribution in [0.3, 0.4) is 0 Å². The Labute approximate surface area is 82.9 Å². The standard InChI is InChI=1S/C11H14FNO/c12-11-9(4-1-2-7-13)5-3-6-10(11)8-14/h1,3-6,14H,2,7-8,13H2. The van der Waals surface area contributed by atoms with Gasteiger partial charge in [0.15, 0.2) is 0 Å². The Hall–Kier alpha value is -1.19. The second kappa shape index (κ2) is 5.52. The van der Waals surface area contributed by atoms with Gasteiger partial charge in [0.2, 0.25) is 0 Å². The molecule has 1 aromatic rings. The first-order valence-corrected chi connectivity index (χ1v) is 4.54. The topological polar surface area (TPSA) is 46.2 Å². The fourth-order valence-electron chi connectivity index (χ4n) is 1.16. The number of hydrogen-bond acceptors (Lipinski definition) is 2. The molecular formula is C11H14FNO. The smallest absolute Gasteiger partial charge is 0.135 e. The molecule has 0 aromatic heterocycles. The first-order valence-electron chi connectivity index (χ1n) is 4.54. The predicted octanol–water partition coefficient (Wildman–Crippen LogP) is 1.68. The minimum absolute atomic E-state index is 0.273. The highest BCUT2D eigenvalue weighted by Gasteiger charge is 2.03. The summed E-state index contributed by atoms with van der Waals surface area (Å²) in [5.74, 6) is -0.358. The van der Waals surface area contributed by atoms with Crippen LogP contribution in [-0.4, -0.2) is 11.7 Å². The molecule has 0 spiro atoms. The van der Waals surface area contributed by atoms with Crippen molar-refractivity contribution in [3.05, 3.63) is 41.2 Å². The van der Waals surface area contributed by atoms with Crippen LogP contribution in [0.25, 0.3) is 6.08 Å². The van der Waals surface area contributed by atoms with E-state index in [2.05, 4.69) is 0 Å². The van der Waals surface area contributed by atoms with E-state index in [1.165, 1.54) is 0 Å². The third kappa shape index (κ3) is 2.65. The van der Waals surface area contributed by atoms with Crippen molar-refractivity contribution < 1.29 is 9.50 Å². The third-order valence-corrected chi connectivity index (χ3v) is 1.91. The average Bonchev–Trinajstić information content (AvgIpc) is 2.21. The SMILES string of the molecule is NCCC=Cc1cccc(CO)c1F. The highest BCUT2D eigenvalue weighted by Crippen LogP contribution is 2.14. The number of aliphatic hydroxyl groups excluding tert-OH is 1. The van der Waals surface area contributed by atoms with Crippen molar-refractivity contribution in [1.29, 1.82) is 0 Å². The normalized spacial score (nSPS) is 11.1. The zero-order chi connectivity index (χ0) is 10.4. The van der Waals surface area contributed by atoms with E-state index in [-0.39, 0.29) is 12.4 Å². The number of halogens is 1. The molecule has 0 saturated heterocycles. The molecule has 0 aliphatic carbocycles. The van der Waals surface area contributed by atoms with Gasteiger partial charge < -0.3 is 10.8 Å². The summed E-state index contributed by atoms with van der Waals surface area (Å²) in [6.45, 7) is 0.280. The Bertz CT molecular complexity index is 323. The first kappa shape index (κ1) is 10.9. The molecule has 0 unspecified atom stereocenters. The van der Waals surface area contributed by atoms with Gasteiger partial charge in [0, 0.05) is 11.1 Å². The molecule has 76 valence electrons. The van der Waals surface area contributed by atoms with Crippen LogP contribution in [0.4, 0.5) is 4.39 Å². The van der Waals surface area contributed by atoms with Crippen LogP contribution >= 0.6 is 0 Å². The van der Waals surface area contributed by atoms with Gasteiger partial charge in [-0.2, -0.15) is 0 Å². The second-order valence-electron chi connectivity index (χ2n) is 2.96. The maximum Gasteiger partial charge on any atom is 0.135 e. The van der Waals surface area contributed by atoms with E-state index in [9.17, 15) is 4.39 Å². The van der Waals surface area contributed by atoms with Crippen LogP contribution < -0.4 is 5.73 Å². The third-order valence-electron chi connectivity index (χ3n) is 1.91. The van der Waals surface area contributed by atoms with Crippen molar-refractivity contribution in [1.82, 2.24) is 0 Å². The zero-order valence-corrected chi connectivity index (χ0v) is 7.91. The van der Waals surface area contributed by atoms with Crippen molar-refractivity contribution in [3.8, 4) is 0 Å². The average molecular weight is 195 g/mol. The van der Waals surface area contributed by atoms with Crippen molar-refractivity contribution in [2.75, 3.05) is 6.54 Å². The van der Waals surface area contributed by atoms with Crippen LogP contribution in [0.1, 0.15) is 17.5 Å². The van der Waals surface area contributed by atoms with Crippen molar-refractivity contribution in [3.63, 3.8) is 0 Å². The van der Waals surface area contributed by atoms with Gasteiger partial charge in [0.1, 0.15) is 5.82 Å². The Morgan fingerprint density at radius 2 is 2.21 bits per heavy atom. The van der Waals surface area contributed by atoms with Crippen molar-refractivity contribution in [2.24, 2.45) is 5.73 Å². The van der Waals surface area contributed by atoms with Gasteiger partial charge in [0.05, 0.1) is 6.61 Å². The summed E-state index contributed by atoms with van der Waals surface area (Å²) in [5.41, 5.74) is 6.11. The van der Waals surface area contributed by atoms with Gasteiger partial charge in [-0.25, -0.2) is 4.39 Å². The number of rotatable bonds is 4. The molecule has 0 aliphatic heterocycles. The predicted molar refractivity (Wildman–Crippen MR) is 55.0 cm³/mol. The molecule has 2 nitrogen and oxygen atoms in total. The fourth-order valence-corrected chi connectivity index (χ4v) is 1.16. The first-order chi connectivity index (χ1) is 6.79. The molecule has 0 atom stereocenters. The molecule has 3 heteroatoms. The highest BCUT2D eigenvalue weighted by molar-refractivity contribution is 5.51. The lowest BCUT2D eigenvalue weighted by Crippen LogP contribution is -1.95. The van der Waals surface area contributed by atoms with E-state index in [1.807, 2.05) is 6.08 Å². The minimum Gasteiger partial charge on any atom is -0.392 e. The van der Waals surface area contributed by atoms with Gasteiger partial charge in [0.25, 0.3) is 0 Å². The molecule has 1 rings (SSSR count). The van der Waals surface area contributed by atoms with E-state index in [1.54, 1.807) is 24.3 Å². The van der Waals surface area contributed by atoms with E-state index >= 15 is 0 Å². The van der Waals surface area contributed by atoms with Gasteiger partial charge in [-0.15, -0.1) is 0 Å².